The van der Waals surface area contributed by atoms with Crippen LogP contribution < -0.4 is 5.32 Å². The molecule has 2 N–H and O–H groups in total. The molecule has 0 spiro atoms. The molecule has 3 aromatic carbocycles. The maximum Gasteiger partial charge on any atom is 0.416 e. The largest absolute Gasteiger partial charge is 0.473 e. The molecule has 0 radical (unpaired) electrons. The van der Waals surface area contributed by atoms with Crippen LogP contribution in [0.2, 0.25) is 10.0 Å². The minimum atomic E-state index is -5.01. The van der Waals surface area contributed by atoms with Crippen molar-refractivity contribution < 1.29 is 41.0 Å². The van der Waals surface area contributed by atoms with Crippen molar-refractivity contribution in [2.45, 2.75) is 50.2 Å². The van der Waals surface area contributed by atoms with E-state index in [1.165, 1.54) is 13.2 Å². The third-order valence-corrected chi connectivity index (χ3v) is 7.56. The Labute approximate surface area is 255 Å². The van der Waals surface area contributed by atoms with Crippen molar-refractivity contribution in [2.24, 2.45) is 5.16 Å². The molecule has 3 rings (SSSR count). The highest BCUT2D eigenvalue weighted by Crippen LogP contribution is 2.37. The van der Waals surface area contributed by atoms with Gasteiger partial charge in [0.1, 0.15) is 13.7 Å². The van der Waals surface area contributed by atoms with Crippen LogP contribution in [0.1, 0.15) is 53.5 Å². The van der Waals surface area contributed by atoms with E-state index in [9.17, 15) is 31.4 Å². The van der Waals surface area contributed by atoms with Gasteiger partial charge >= 0.3 is 12.4 Å². The van der Waals surface area contributed by atoms with Gasteiger partial charge in [0.15, 0.2) is 0 Å². The molecule has 0 aliphatic heterocycles. The van der Waals surface area contributed by atoms with Gasteiger partial charge in [-0.1, -0.05) is 71.7 Å². The summed E-state index contributed by atoms with van der Waals surface area (Å²) in [6.07, 6.45) is -9.23. The van der Waals surface area contributed by atoms with Crippen LogP contribution in [-0.4, -0.2) is 31.2 Å². The molecule has 0 aliphatic carbocycles. The van der Waals surface area contributed by atoms with E-state index in [4.69, 9.17) is 32.8 Å². The van der Waals surface area contributed by atoms with Crippen LogP contribution in [0.3, 0.4) is 0 Å². The summed E-state index contributed by atoms with van der Waals surface area (Å²) in [6, 6.07) is 15.1. The van der Waals surface area contributed by atoms with Crippen molar-refractivity contribution >= 4 is 29.1 Å². The number of nitrogens with one attached hydrogen (secondary N) is 1. The number of alkyl halides is 6. The quantitative estimate of drug-likeness (QED) is 0.0678. The SMILES string of the molecule is CCC(O)(CCNCC(/C(=N/OC)OCc1cc(C(F)(F)F)cc(C(F)(F)F)c1)c1ccc(Cl)c(Cl)c1)c1ccccc1. The lowest BCUT2D eigenvalue weighted by molar-refractivity contribution is -0.143. The minimum absolute atomic E-state index is 0.0447. The number of oxime groups is 1. The van der Waals surface area contributed by atoms with Gasteiger partial charge in [-0.2, -0.15) is 26.3 Å². The van der Waals surface area contributed by atoms with Crippen molar-refractivity contribution in [1.82, 2.24) is 5.32 Å². The highest BCUT2D eigenvalue weighted by molar-refractivity contribution is 6.42. The molecule has 2 unspecified atom stereocenters. The highest BCUT2D eigenvalue weighted by atomic mass is 35.5. The summed E-state index contributed by atoms with van der Waals surface area (Å²) in [7, 11) is 1.22. The Bertz CT molecular complexity index is 1350. The van der Waals surface area contributed by atoms with E-state index in [1.54, 1.807) is 12.1 Å². The number of hydrogen-bond acceptors (Lipinski definition) is 5. The zero-order valence-electron chi connectivity index (χ0n) is 23.2. The summed E-state index contributed by atoms with van der Waals surface area (Å²) in [5.74, 6) is -0.887. The molecule has 3 aromatic rings. The van der Waals surface area contributed by atoms with E-state index in [1.807, 2.05) is 37.3 Å². The third kappa shape index (κ3) is 9.50. The first kappa shape index (κ1) is 34.5. The third-order valence-electron chi connectivity index (χ3n) is 6.82. The number of rotatable bonds is 12. The first-order chi connectivity index (χ1) is 20.2. The predicted molar refractivity (Wildman–Crippen MR) is 153 cm³/mol. The number of halogens is 8. The van der Waals surface area contributed by atoms with Gasteiger partial charge < -0.3 is 20.0 Å². The van der Waals surface area contributed by atoms with E-state index in [2.05, 4.69) is 10.5 Å². The van der Waals surface area contributed by atoms with Gasteiger partial charge in [0, 0.05) is 6.54 Å². The van der Waals surface area contributed by atoms with Gasteiger partial charge in [-0.3, -0.25) is 0 Å². The first-order valence-electron chi connectivity index (χ1n) is 13.1. The monoisotopic (exact) mass is 650 g/mol. The Hall–Kier alpha value is -2.99. The molecule has 43 heavy (non-hydrogen) atoms. The van der Waals surface area contributed by atoms with Crippen LogP contribution in [0, 0.1) is 0 Å². The van der Waals surface area contributed by atoms with Gasteiger partial charge in [0.2, 0.25) is 5.90 Å². The van der Waals surface area contributed by atoms with Crippen LogP contribution in [0.5, 0.6) is 0 Å². The summed E-state index contributed by atoms with van der Waals surface area (Å²) >= 11 is 12.3. The minimum Gasteiger partial charge on any atom is -0.473 e. The fourth-order valence-electron chi connectivity index (χ4n) is 4.43. The Balaban J connectivity index is 1.86. The molecule has 2 atom stereocenters. The lowest BCUT2D eigenvalue weighted by atomic mass is 9.88. The van der Waals surface area contributed by atoms with Crippen LogP contribution in [0.4, 0.5) is 26.3 Å². The zero-order chi connectivity index (χ0) is 31.8. The standard InChI is InChI=1S/C30H30Cl2F6N2O3/c1-3-28(41,21-7-5-4-6-8-21)11-12-39-17-24(20-9-10-25(31)26(32)15-20)27(40-42-2)43-18-19-13-22(29(33,34)35)16-23(14-19)30(36,37)38/h4-10,13-16,24,39,41H,3,11-12,17-18H2,1-2H3/b40-27-. The smallest absolute Gasteiger partial charge is 0.416 e. The second-order valence-electron chi connectivity index (χ2n) is 9.75. The Kier molecular flexibility index (Phi) is 11.8. The van der Waals surface area contributed by atoms with E-state index in [0.717, 1.165) is 5.56 Å². The molecule has 0 aromatic heterocycles. The van der Waals surface area contributed by atoms with Crippen molar-refractivity contribution in [3.63, 3.8) is 0 Å². The van der Waals surface area contributed by atoms with Gasteiger partial charge in [-0.15, -0.1) is 0 Å². The normalized spacial score (nSPS) is 14.7. The molecule has 5 nitrogen and oxygen atoms in total. The van der Waals surface area contributed by atoms with E-state index in [0.29, 0.717) is 37.1 Å². The molecule has 13 heteroatoms. The molecule has 0 bridgehead atoms. The molecule has 0 saturated heterocycles. The van der Waals surface area contributed by atoms with Crippen molar-refractivity contribution in [1.29, 1.82) is 0 Å². The zero-order valence-corrected chi connectivity index (χ0v) is 24.7. The van der Waals surface area contributed by atoms with Gasteiger partial charge in [0.25, 0.3) is 0 Å². The topological polar surface area (TPSA) is 63.1 Å². The maximum atomic E-state index is 13.4. The summed E-state index contributed by atoms with van der Waals surface area (Å²) in [4.78, 5) is 4.92. The lowest BCUT2D eigenvalue weighted by Crippen LogP contribution is -2.34. The Morgan fingerprint density at radius 1 is 0.884 bits per heavy atom. The number of benzene rings is 3. The second kappa shape index (κ2) is 14.7. The van der Waals surface area contributed by atoms with Crippen molar-refractivity contribution in [3.05, 3.63) is 105 Å². The van der Waals surface area contributed by atoms with E-state index >= 15 is 0 Å². The summed E-state index contributed by atoms with van der Waals surface area (Å²) in [5, 5.41) is 18.8. The van der Waals surface area contributed by atoms with Gasteiger partial charge in [-0.05, 0) is 66.4 Å². The lowest BCUT2D eigenvalue weighted by Gasteiger charge is -2.28. The van der Waals surface area contributed by atoms with Crippen LogP contribution in [0.15, 0.2) is 71.9 Å². The molecular weight excluding hydrogens is 621 g/mol. The van der Waals surface area contributed by atoms with Crippen LogP contribution in [-0.2, 0) is 34.1 Å². The average Bonchev–Trinajstić information content (AvgIpc) is 2.96. The number of hydrogen-bond donors (Lipinski definition) is 2. The number of nitrogens with zero attached hydrogens (tertiary/aromatic N) is 1. The molecule has 0 saturated carbocycles. The Morgan fingerprint density at radius 3 is 2.05 bits per heavy atom. The number of aliphatic hydroxyl groups is 1. The van der Waals surface area contributed by atoms with Crippen molar-refractivity contribution in [3.8, 4) is 0 Å². The predicted octanol–water partition coefficient (Wildman–Crippen LogP) is 8.57. The fraction of sp³-hybridized carbons (Fsp3) is 0.367. The molecule has 234 valence electrons. The maximum absolute atomic E-state index is 13.4. The molecule has 0 fully saturated rings. The molecular formula is C30H30Cl2F6N2O3. The molecule has 0 amide bonds. The summed E-state index contributed by atoms with van der Waals surface area (Å²) < 4.78 is 85.9. The fourth-order valence-corrected chi connectivity index (χ4v) is 4.74. The van der Waals surface area contributed by atoms with Crippen molar-refractivity contribution in [2.75, 3.05) is 20.2 Å². The first-order valence-corrected chi connectivity index (χ1v) is 13.9. The second-order valence-corrected chi connectivity index (χ2v) is 10.6. The van der Waals surface area contributed by atoms with E-state index in [-0.39, 0.29) is 34.1 Å². The molecule has 0 heterocycles. The van der Waals surface area contributed by atoms with Crippen LogP contribution >= 0.6 is 23.2 Å². The summed E-state index contributed by atoms with van der Waals surface area (Å²) in [6.45, 7) is 1.66. The number of ether oxygens (including phenoxy) is 1. The Morgan fingerprint density at radius 2 is 1.51 bits per heavy atom. The molecule has 0 aliphatic rings. The summed E-state index contributed by atoms with van der Waals surface area (Å²) in [5.41, 5.74) is -3.11. The highest BCUT2D eigenvalue weighted by Gasteiger charge is 2.37. The van der Waals surface area contributed by atoms with E-state index < -0.39 is 41.6 Å². The average molecular weight is 651 g/mol. The van der Waals surface area contributed by atoms with Gasteiger partial charge in [0.05, 0.1) is 32.7 Å². The van der Waals surface area contributed by atoms with Gasteiger partial charge in [-0.25, -0.2) is 0 Å². The van der Waals surface area contributed by atoms with Crippen LogP contribution in [0.25, 0.3) is 0 Å².